The second-order valence-corrected chi connectivity index (χ2v) is 5.29. The van der Waals surface area contributed by atoms with Crippen LogP contribution in [0.1, 0.15) is 23.3 Å². The van der Waals surface area contributed by atoms with Crippen LogP contribution in [-0.4, -0.2) is 37.3 Å². The summed E-state index contributed by atoms with van der Waals surface area (Å²) in [5.41, 5.74) is 1.43. The van der Waals surface area contributed by atoms with Gasteiger partial charge in [0.25, 0.3) is 5.91 Å². The van der Waals surface area contributed by atoms with Gasteiger partial charge in [-0.2, -0.15) is 0 Å². The molecule has 0 spiro atoms. The van der Waals surface area contributed by atoms with E-state index in [1.807, 2.05) is 18.2 Å². The van der Waals surface area contributed by atoms with E-state index in [0.29, 0.717) is 5.69 Å². The van der Waals surface area contributed by atoms with E-state index in [4.69, 9.17) is 9.26 Å². The van der Waals surface area contributed by atoms with Gasteiger partial charge in [0.2, 0.25) is 0 Å². The highest BCUT2D eigenvalue weighted by molar-refractivity contribution is 5.92. The maximum Gasteiger partial charge on any atom is 0.273 e. The minimum atomic E-state index is -0.176. The number of hydrogen-bond acceptors (Lipinski definition) is 5. The number of piperidine rings is 1. The highest BCUT2D eigenvalue weighted by atomic mass is 16.5. The van der Waals surface area contributed by atoms with Gasteiger partial charge < -0.3 is 19.5 Å². The summed E-state index contributed by atoms with van der Waals surface area (Å²) in [6, 6.07) is 9.74. The predicted octanol–water partition coefficient (Wildman–Crippen LogP) is 2.08. The summed E-state index contributed by atoms with van der Waals surface area (Å²) in [4.78, 5) is 14.2. The molecule has 0 aliphatic carbocycles. The fraction of sp³-hybridized carbons (Fsp3) is 0.375. The maximum atomic E-state index is 12.0. The Morgan fingerprint density at radius 2 is 2.09 bits per heavy atom. The van der Waals surface area contributed by atoms with Crippen molar-refractivity contribution in [2.75, 3.05) is 25.1 Å². The van der Waals surface area contributed by atoms with Gasteiger partial charge in [-0.1, -0.05) is 17.3 Å². The largest absolute Gasteiger partial charge is 0.495 e. The van der Waals surface area contributed by atoms with Gasteiger partial charge in [0.1, 0.15) is 12.0 Å². The van der Waals surface area contributed by atoms with Crippen LogP contribution in [0.4, 0.5) is 5.69 Å². The lowest BCUT2D eigenvalue weighted by Crippen LogP contribution is -2.44. The van der Waals surface area contributed by atoms with E-state index in [9.17, 15) is 4.79 Å². The molecular weight excluding hydrogens is 282 g/mol. The number of amides is 1. The number of nitrogens with zero attached hydrogens (tertiary/aromatic N) is 2. The number of methoxy groups -OCH3 is 1. The molecule has 0 bridgehead atoms. The van der Waals surface area contributed by atoms with E-state index in [2.05, 4.69) is 21.4 Å². The number of anilines is 1. The zero-order valence-electron chi connectivity index (χ0n) is 12.5. The summed E-state index contributed by atoms with van der Waals surface area (Å²) >= 11 is 0. The van der Waals surface area contributed by atoms with Crippen LogP contribution >= 0.6 is 0 Å². The van der Waals surface area contributed by atoms with Gasteiger partial charge in [-0.05, 0) is 25.0 Å². The van der Waals surface area contributed by atoms with Gasteiger partial charge in [-0.25, -0.2) is 0 Å². The van der Waals surface area contributed by atoms with Crippen LogP contribution in [0.2, 0.25) is 0 Å². The molecule has 0 radical (unpaired) electrons. The van der Waals surface area contributed by atoms with Crippen LogP contribution in [-0.2, 0) is 0 Å². The molecule has 6 nitrogen and oxygen atoms in total. The molecule has 1 fully saturated rings. The normalized spacial score (nSPS) is 15.6. The summed E-state index contributed by atoms with van der Waals surface area (Å²) in [7, 11) is 1.68. The van der Waals surface area contributed by atoms with Crippen LogP contribution < -0.4 is 15.0 Å². The average molecular weight is 301 g/mol. The molecular formula is C16H19N3O3. The monoisotopic (exact) mass is 301 g/mol. The first-order valence-corrected chi connectivity index (χ1v) is 7.37. The zero-order valence-corrected chi connectivity index (χ0v) is 12.5. The molecule has 1 aromatic heterocycles. The molecule has 3 rings (SSSR count). The Balaban J connectivity index is 1.57. The van der Waals surface area contributed by atoms with E-state index in [0.717, 1.165) is 37.4 Å². The summed E-state index contributed by atoms with van der Waals surface area (Å²) < 4.78 is 10.1. The Hall–Kier alpha value is -2.50. The molecule has 0 unspecified atom stereocenters. The Morgan fingerprint density at radius 1 is 1.32 bits per heavy atom. The highest BCUT2D eigenvalue weighted by Gasteiger charge is 2.23. The van der Waals surface area contributed by atoms with Crippen molar-refractivity contribution in [2.24, 2.45) is 0 Å². The van der Waals surface area contributed by atoms with Gasteiger partial charge in [0.05, 0.1) is 12.8 Å². The molecule has 1 aromatic carbocycles. The number of hydrogen-bond donors (Lipinski definition) is 1. The van der Waals surface area contributed by atoms with Gasteiger partial charge >= 0.3 is 0 Å². The van der Waals surface area contributed by atoms with Gasteiger partial charge in [-0.15, -0.1) is 0 Å². The second-order valence-electron chi connectivity index (χ2n) is 5.29. The van der Waals surface area contributed by atoms with Crippen LogP contribution in [0, 0.1) is 0 Å². The quantitative estimate of drug-likeness (QED) is 0.936. The van der Waals surface area contributed by atoms with Gasteiger partial charge in [0, 0.05) is 25.2 Å². The second kappa shape index (κ2) is 6.51. The molecule has 0 atom stereocenters. The average Bonchev–Trinajstić information content (AvgIpc) is 3.10. The van der Waals surface area contributed by atoms with Crippen molar-refractivity contribution in [1.82, 2.24) is 10.5 Å². The van der Waals surface area contributed by atoms with Crippen LogP contribution in [0.5, 0.6) is 5.75 Å². The fourth-order valence-electron chi connectivity index (χ4n) is 2.74. The highest BCUT2D eigenvalue weighted by Crippen LogP contribution is 2.29. The lowest BCUT2D eigenvalue weighted by Gasteiger charge is -2.34. The van der Waals surface area contributed by atoms with E-state index in [1.165, 1.54) is 6.26 Å². The summed E-state index contributed by atoms with van der Waals surface area (Å²) in [6.07, 6.45) is 3.18. The number of carbonyl (C=O) groups excluding carboxylic acids is 1. The first-order valence-electron chi connectivity index (χ1n) is 7.37. The summed E-state index contributed by atoms with van der Waals surface area (Å²) in [6.45, 7) is 1.76. The van der Waals surface area contributed by atoms with E-state index in [1.54, 1.807) is 13.2 Å². The Morgan fingerprint density at radius 3 is 2.77 bits per heavy atom. The Labute approximate surface area is 129 Å². The minimum Gasteiger partial charge on any atom is -0.495 e. The Bertz CT molecular complexity index is 619. The van der Waals surface area contributed by atoms with Crippen LogP contribution in [0.25, 0.3) is 0 Å². The van der Waals surface area contributed by atoms with E-state index < -0.39 is 0 Å². The minimum absolute atomic E-state index is 0.162. The Kier molecular flexibility index (Phi) is 4.27. The van der Waals surface area contributed by atoms with Gasteiger partial charge in [0.15, 0.2) is 5.69 Å². The van der Waals surface area contributed by atoms with Crippen molar-refractivity contribution in [3.63, 3.8) is 0 Å². The predicted molar refractivity (Wildman–Crippen MR) is 82.2 cm³/mol. The number of ether oxygens (including phenoxy) is 1. The third kappa shape index (κ3) is 3.05. The lowest BCUT2D eigenvalue weighted by molar-refractivity contribution is 0.0922. The smallest absolute Gasteiger partial charge is 0.273 e. The molecule has 1 amide bonds. The number of para-hydroxylation sites is 2. The van der Waals surface area contributed by atoms with E-state index in [-0.39, 0.29) is 11.9 Å². The first kappa shape index (κ1) is 14.4. The fourth-order valence-corrected chi connectivity index (χ4v) is 2.74. The molecule has 22 heavy (non-hydrogen) atoms. The number of nitrogens with one attached hydrogen (secondary N) is 1. The maximum absolute atomic E-state index is 12.0. The number of rotatable bonds is 4. The van der Waals surface area contributed by atoms with Crippen molar-refractivity contribution in [1.29, 1.82) is 0 Å². The van der Waals surface area contributed by atoms with Crippen LogP contribution in [0.3, 0.4) is 0 Å². The topological polar surface area (TPSA) is 67.6 Å². The molecule has 1 aliphatic heterocycles. The number of aromatic nitrogens is 1. The molecule has 1 N–H and O–H groups in total. The number of benzene rings is 1. The summed E-state index contributed by atoms with van der Waals surface area (Å²) in [5, 5.41) is 6.66. The van der Waals surface area contributed by atoms with Crippen molar-refractivity contribution in [2.45, 2.75) is 18.9 Å². The van der Waals surface area contributed by atoms with Crippen LogP contribution in [0.15, 0.2) is 41.1 Å². The molecule has 6 heteroatoms. The third-order valence-electron chi connectivity index (χ3n) is 3.93. The standard InChI is InChI=1S/C16H19N3O3/c1-21-15-5-3-2-4-14(15)19-9-6-12(7-10-19)17-16(20)13-8-11-22-18-13/h2-5,8,11-12H,6-7,9-10H2,1H3,(H,17,20). The molecule has 0 saturated carbocycles. The SMILES string of the molecule is COc1ccccc1N1CCC(NC(=O)c2ccon2)CC1. The molecule has 2 aromatic rings. The van der Waals surface area contributed by atoms with E-state index >= 15 is 0 Å². The zero-order chi connectivity index (χ0) is 15.4. The molecule has 1 aliphatic rings. The molecule has 1 saturated heterocycles. The third-order valence-corrected chi connectivity index (χ3v) is 3.93. The van der Waals surface area contributed by atoms with Crippen molar-refractivity contribution in [3.05, 3.63) is 42.3 Å². The van der Waals surface area contributed by atoms with Crippen molar-refractivity contribution >= 4 is 11.6 Å². The van der Waals surface area contributed by atoms with Gasteiger partial charge in [-0.3, -0.25) is 4.79 Å². The van der Waals surface area contributed by atoms with Crippen molar-refractivity contribution in [3.8, 4) is 5.75 Å². The summed E-state index contributed by atoms with van der Waals surface area (Å²) in [5.74, 6) is 0.706. The number of carbonyl (C=O) groups is 1. The molecule has 2 heterocycles. The molecule has 116 valence electrons. The lowest BCUT2D eigenvalue weighted by atomic mass is 10.0. The van der Waals surface area contributed by atoms with Crippen molar-refractivity contribution < 1.29 is 14.1 Å². The first-order chi connectivity index (χ1) is 10.8.